The highest BCUT2D eigenvalue weighted by Crippen LogP contribution is 2.29. The summed E-state index contributed by atoms with van der Waals surface area (Å²) in [6.45, 7) is 1.86. The molecule has 7 heteroatoms. The van der Waals surface area contributed by atoms with Crippen molar-refractivity contribution in [3.05, 3.63) is 34.6 Å². The van der Waals surface area contributed by atoms with Gasteiger partial charge >= 0.3 is 0 Å². The lowest BCUT2D eigenvalue weighted by molar-refractivity contribution is 0.132. The highest BCUT2D eigenvalue weighted by molar-refractivity contribution is 9.10. The number of nitrogens with zero attached hydrogens (tertiary/aromatic N) is 6. The number of piperidine rings is 1. The molecule has 3 heterocycles. The minimum absolute atomic E-state index is 0.277. The van der Waals surface area contributed by atoms with Gasteiger partial charge in [0.15, 0.2) is 0 Å². The number of aromatic nitrogens is 5. The Bertz CT molecular complexity index is 566. The molecule has 0 saturated carbocycles. The van der Waals surface area contributed by atoms with Gasteiger partial charge in [-0.3, -0.25) is 9.58 Å². The van der Waals surface area contributed by atoms with Gasteiger partial charge in [-0.15, -0.1) is 5.10 Å². The van der Waals surface area contributed by atoms with Gasteiger partial charge in [-0.2, -0.15) is 0 Å². The van der Waals surface area contributed by atoms with E-state index in [0.29, 0.717) is 0 Å². The minimum atomic E-state index is 0.277. The molecule has 1 unspecified atom stereocenters. The summed E-state index contributed by atoms with van der Waals surface area (Å²) >= 11 is 3.38. The van der Waals surface area contributed by atoms with Crippen molar-refractivity contribution in [2.24, 2.45) is 7.05 Å². The highest BCUT2D eigenvalue weighted by atomic mass is 79.9. The summed E-state index contributed by atoms with van der Waals surface area (Å²) in [7, 11) is 1.89. The van der Waals surface area contributed by atoms with Gasteiger partial charge < -0.3 is 0 Å². The van der Waals surface area contributed by atoms with Gasteiger partial charge in [-0.05, 0) is 35.3 Å². The van der Waals surface area contributed by atoms with Crippen LogP contribution in [-0.4, -0.2) is 36.4 Å². The van der Waals surface area contributed by atoms with E-state index in [0.717, 1.165) is 35.5 Å². The first-order valence-electron chi connectivity index (χ1n) is 6.79. The summed E-state index contributed by atoms with van der Waals surface area (Å²) in [5.74, 6) is 0.900. The van der Waals surface area contributed by atoms with Crippen LogP contribution in [0.4, 0.5) is 0 Å². The first-order valence-corrected chi connectivity index (χ1v) is 7.58. The molecule has 0 aliphatic carbocycles. The summed E-state index contributed by atoms with van der Waals surface area (Å²) in [5, 5.41) is 8.17. The monoisotopic (exact) mass is 336 g/mol. The number of hydrogen-bond acceptors (Lipinski definition) is 5. The van der Waals surface area contributed by atoms with Crippen LogP contribution in [0.2, 0.25) is 0 Å². The average Bonchev–Trinajstić information content (AvgIpc) is 2.86. The Labute approximate surface area is 126 Å². The van der Waals surface area contributed by atoms with E-state index < -0.39 is 0 Å². The number of aryl methyl sites for hydroxylation is 1. The van der Waals surface area contributed by atoms with Crippen LogP contribution >= 0.6 is 15.9 Å². The lowest BCUT2D eigenvalue weighted by Gasteiger charge is -2.33. The predicted octanol–water partition coefficient (Wildman–Crippen LogP) is 2.09. The van der Waals surface area contributed by atoms with Crippen molar-refractivity contribution in [3.8, 4) is 0 Å². The number of likely N-dealkylation sites (tertiary alicyclic amines) is 1. The number of hydrogen-bond donors (Lipinski definition) is 0. The smallest absolute Gasteiger partial charge is 0.145 e. The van der Waals surface area contributed by atoms with E-state index in [-0.39, 0.29) is 6.04 Å². The maximum atomic E-state index is 4.46. The third-order valence-electron chi connectivity index (χ3n) is 3.57. The Balaban J connectivity index is 1.78. The first kappa shape index (κ1) is 13.6. The van der Waals surface area contributed by atoms with Crippen molar-refractivity contribution in [2.45, 2.75) is 31.8 Å². The molecule has 1 aliphatic heterocycles. The molecule has 1 fully saturated rings. The number of halogens is 1. The Morgan fingerprint density at radius 3 is 2.80 bits per heavy atom. The second-order valence-corrected chi connectivity index (χ2v) is 6.04. The van der Waals surface area contributed by atoms with Crippen LogP contribution in [0.5, 0.6) is 0 Å². The van der Waals surface area contributed by atoms with Gasteiger partial charge in [0, 0.05) is 32.2 Å². The fourth-order valence-corrected chi connectivity index (χ4v) is 2.85. The van der Waals surface area contributed by atoms with E-state index in [9.17, 15) is 0 Å². The molecule has 20 heavy (non-hydrogen) atoms. The van der Waals surface area contributed by atoms with Crippen molar-refractivity contribution < 1.29 is 0 Å². The summed E-state index contributed by atoms with van der Waals surface area (Å²) in [4.78, 5) is 11.3. The van der Waals surface area contributed by atoms with E-state index in [1.165, 1.54) is 12.8 Å². The van der Waals surface area contributed by atoms with Crippen LogP contribution in [0.1, 0.15) is 36.8 Å². The molecule has 1 aliphatic rings. The molecule has 0 radical (unpaired) electrons. The summed E-state index contributed by atoms with van der Waals surface area (Å²) in [6, 6.07) is 0.277. The highest BCUT2D eigenvalue weighted by Gasteiger charge is 2.26. The third kappa shape index (κ3) is 3.04. The molecule has 3 rings (SSSR count). The average molecular weight is 337 g/mol. The summed E-state index contributed by atoms with van der Waals surface area (Å²) in [5.41, 5.74) is 0.997. The molecule has 0 amide bonds. The van der Waals surface area contributed by atoms with E-state index in [4.69, 9.17) is 0 Å². The van der Waals surface area contributed by atoms with E-state index >= 15 is 0 Å². The molecule has 1 saturated heterocycles. The van der Waals surface area contributed by atoms with Gasteiger partial charge in [-0.1, -0.05) is 11.6 Å². The molecule has 106 valence electrons. The maximum absolute atomic E-state index is 4.46. The summed E-state index contributed by atoms with van der Waals surface area (Å²) in [6.07, 6.45) is 9.14. The Morgan fingerprint density at radius 1 is 1.30 bits per heavy atom. The zero-order chi connectivity index (χ0) is 13.9. The lowest BCUT2D eigenvalue weighted by Crippen LogP contribution is -2.34. The molecule has 0 bridgehead atoms. The van der Waals surface area contributed by atoms with E-state index in [1.54, 1.807) is 4.68 Å². The van der Waals surface area contributed by atoms with E-state index in [2.05, 4.69) is 41.1 Å². The Morgan fingerprint density at radius 2 is 2.10 bits per heavy atom. The first-order chi connectivity index (χ1) is 9.72. The van der Waals surface area contributed by atoms with Crippen LogP contribution in [-0.2, 0) is 13.6 Å². The molecule has 6 nitrogen and oxygen atoms in total. The van der Waals surface area contributed by atoms with E-state index in [1.807, 2.05) is 25.6 Å². The van der Waals surface area contributed by atoms with Crippen molar-refractivity contribution in [3.63, 3.8) is 0 Å². The van der Waals surface area contributed by atoms with Crippen molar-refractivity contribution in [1.29, 1.82) is 0 Å². The predicted molar refractivity (Wildman–Crippen MR) is 77.7 cm³/mol. The third-order valence-corrected chi connectivity index (χ3v) is 3.98. The normalized spacial score (nSPS) is 20.2. The van der Waals surface area contributed by atoms with Gasteiger partial charge in [-0.25, -0.2) is 9.97 Å². The van der Waals surface area contributed by atoms with Crippen LogP contribution in [0.25, 0.3) is 0 Å². The van der Waals surface area contributed by atoms with Crippen LogP contribution in [0.15, 0.2) is 23.1 Å². The minimum Gasteiger partial charge on any atom is -0.287 e. The molecule has 2 aromatic heterocycles. The molecule has 2 aromatic rings. The van der Waals surface area contributed by atoms with Gasteiger partial charge in [0.05, 0.1) is 16.2 Å². The largest absolute Gasteiger partial charge is 0.287 e. The molecular formula is C13H17BrN6. The molecule has 0 aromatic carbocycles. The quantitative estimate of drug-likeness (QED) is 0.858. The zero-order valence-corrected chi connectivity index (χ0v) is 13.0. The fraction of sp³-hybridized carbons (Fsp3) is 0.538. The second-order valence-electron chi connectivity index (χ2n) is 5.13. The molecule has 0 N–H and O–H groups in total. The fourth-order valence-electron chi connectivity index (χ4n) is 2.64. The zero-order valence-electron chi connectivity index (χ0n) is 11.4. The van der Waals surface area contributed by atoms with Crippen LogP contribution in [0.3, 0.4) is 0 Å². The maximum Gasteiger partial charge on any atom is 0.145 e. The lowest BCUT2D eigenvalue weighted by atomic mass is 10.0. The molecule has 1 atom stereocenters. The van der Waals surface area contributed by atoms with Crippen molar-refractivity contribution in [2.75, 3.05) is 6.54 Å². The Hall–Kier alpha value is -1.34. The van der Waals surface area contributed by atoms with Crippen molar-refractivity contribution >= 4 is 15.9 Å². The topological polar surface area (TPSA) is 59.7 Å². The Kier molecular flexibility index (Phi) is 4.07. The van der Waals surface area contributed by atoms with Crippen LogP contribution < -0.4 is 0 Å². The molecular weight excluding hydrogens is 320 g/mol. The number of rotatable bonds is 3. The summed E-state index contributed by atoms with van der Waals surface area (Å²) < 4.78 is 2.65. The SMILES string of the molecule is Cn1cc(CN2CCCCC2c2ncc(Br)cn2)nn1. The standard InChI is InChI=1S/C13H17BrN6/c1-19-8-11(17-18-19)9-20-5-3-2-4-12(20)13-15-6-10(14)7-16-13/h6-8,12H,2-5,9H2,1H3. The molecule has 0 spiro atoms. The second kappa shape index (κ2) is 5.97. The van der Waals surface area contributed by atoms with Gasteiger partial charge in [0.25, 0.3) is 0 Å². The van der Waals surface area contributed by atoms with Gasteiger partial charge in [0.1, 0.15) is 5.82 Å². The van der Waals surface area contributed by atoms with Crippen LogP contribution in [0, 0.1) is 0 Å². The van der Waals surface area contributed by atoms with Gasteiger partial charge in [0.2, 0.25) is 0 Å². The van der Waals surface area contributed by atoms with Crippen molar-refractivity contribution in [1.82, 2.24) is 29.9 Å².